The van der Waals surface area contributed by atoms with E-state index in [4.69, 9.17) is 17.5 Å². The quantitative estimate of drug-likeness (QED) is 0.532. The van der Waals surface area contributed by atoms with E-state index in [2.05, 4.69) is 4.90 Å². The molecule has 0 radical (unpaired) electrons. The number of hydrogen-bond acceptors (Lipinski definition) is 2. The van der Waals surface area contributed by atoms with Crippen molar-refractivity contribution in [2.24, 2.45) is 0 Å². The van der Waals surface area contributed by atoms with E-state index >= 15 is 0 Å². The van der Waals surface area contributed by atoms with Gasteiger partial charge in [0.1, 0.15) is 0 Å². The molecule has 7 heteroatoms. The van der Waals surface area contributed by atoms with E-state index in [1.54, 1.807) is 17.0 Å². The van der Waals surface area contributed by atoms with Crippen molar-refractivity contribution in [2.75, 3.05) is 16.3 Å². The zero-order valence-corrected chi connectivity index (χ0v) is 17.5. The van der Waals surface area contributed by atoms with Crippen LogP contribution >= 0.6 is 12.2 Å². The maximum atomic E-state index is 13.5. The number of thiocarbonyl (C=S) groups is 1. The highest BCUT2D eigenvalue weighted by Gasteiger charge is 2.49. The van der Waals surface area contributed by atoms with E-state index in [-0.39, 0.29) is 11.1 Å². The average molecular weight is 430 g/mol. The van der Waals surface area contributed by atoms with Crippen LogP contribution in [0.3, 0.4) is 0 Å². The molecule has 1 aliphatic heterocycles. The molecule has 1 saturated heterocycles. The Labute approximate surface area is 179 Å². The Kier molecular flexibility index (Phi) is 5.23. The molecule has 2 aromatic rings. The summed E-state index contributed by atoms with van der Waals surface area (Å²) in [6.07, 6.45) is 0.590. The lowest BCUT2D eigenvalue weighted by Crippen LogP contribution is -2.48. The van der Waals surface area contributed by atoms with Crippen molar-refractivity contribution in [1.82, 2.24) is 0 Å². The molecule has 0 N–H and O–H groups in total. The number of nitriles is 1. The first-order valence-corrected chi connectivity index (χ1v) is 10.5. The van der Waals surface area contributed by atoms with E-state index in [9.17, 15) is 13.2 Å². The van der Waals surface area contributed by atoms with Crippen molar-refractivity contribution in [1.29, 1.82) is 5.26 Å². The number of rotatable bonds is 2. The lowest BCUT2D eigenvalue weighted by atomic mass is 9.80. The maximum absolute atomic E-state index is 13.5. The number of benzene rings is 2. The monoisotopic (exact) mass is 429 g/mol. The SMILES string of the molecule is Cc1ccc(N2C(=S)N(c3ccc(C#N)c(C(F)(F)F)c3)CC23CCCCC3)cc1. The van der Waals surface area contributed by atoms with Gasteiger partial charge in [0, 0.05) is 17.9 Å². The van der Waals surface area contributed by atoms with Crippen LogP contribution in [0.15, 0.2) is 42.5 Å². The lowest BCUT2D eigenvalue weighted by Gasteiger charge is -2.41. The van der Waals surface area contributed by atoms with Gasteiger partial charge in [-0.1, -0.05) is 37.0 Å². The summed E-state index contributed by atoms with van der Waals surface area (Å²) >= 11 is 5.82. The number of nitrogens with zero attached hydrogens (tertiary/aromatic N) is 3. The standard InChI is InChI=1S/C23H22F3N3S/c1-16-5-8-18(9-6-16)29-21(30)28(15-22(29)11-3-2-4-12-22)19-10-7-17(14-27)20(13-19)23(24,25)26/h5-10,13H,2-4,11-12,15H2,1H3. The Morgan fingerprint density at radius 1 is 1.00 bits per heavy atom. The Morgan fingerprint density at radius 3 is 2.23 bits per heavy atom. The minimum Gasteiger partial charge on any atom is -0.316 e. The number of hydrogen-bond donors (Lipinski definition) is 0. The smallest absolute Gasteiger partial charge is 0.316 e. The van der Waals surface area contributed by atoms with Gasteiger partial charge < -0.3 is 9.80 Å². The number of aryl methyl sites for hydroxylation is 1. The topological polar surface area (TPSA) is 30.3 Å². The lowest BCUT2D eigenvalue weighted by molar-refractivity contribution is -0.137. The van der Waals surface area contributed by atoms with Crippen molar-refractivity contribution in [3.8, 4) is 6.07 Å². The predicted octanol–water partition coefficient (Wildman–Crippen LogP) is 6.20. The summed E-state index contributed by atoms with van der Waals surface area (Å²) in [4.78, 5) is 3.95. The Morgan fingerprint density at radius 2 is 1.63 bits per heavy atom. The van der Waals surface area contributed by atoms with Crippen molar-refractivity contribution in [3.05, 3.63) is 59.2 Å². The van der Waals surface area contributed by atoms with Gasteiger partial charge in [-0.15, -0.1) is 0 Å². The van der Waals surface area contributed by atoms with Crippen LogP contribution in [0.5, 0.6) is 0 Å². The third-order valence-electron chi connectivity index (χ3n) is 6.17. The second-order valence-electron chi connectivity index (χ2n) is 8.16. The third kappa shape index (κ3) is 3.54. The molecular weight excluding hydrogens is 407 g/mol. The summed E-state index contributed by atoms with van der Waals surface area (Å²) in [5.41, 5.74) is 0.971. The van der Waals surface area contributed by atoms with Gasteiger partial charge in [-0.3, -0.25) is 0 Å². The van der Waals surface area contributed by atoms with Gasteiger partial charge in [0.05, 0.1) is 22.7 Å². The molecule has 0 bridgehead atoms. The molecule has 156 valence electrons. The van der Waals surface area contributed by atoms with Crippen LogP contribution in [0, 0.1) is 18.3 Å². The fraction of sp³-hybridized carbons (Fsp3) is 0.391. The summed E-state index contributed by atoms with van der Waals surface area (Å²) in [6, 6.07) is 13.6. The summed E-state index contributed by atoms with van der Waals surface area (Å²) in [7, 11) is 0. The molecule has 1 aliphatic carbocycles. The Balaban J connectivity index is 1.78. The molecule has 1 heterocycles. The minimum absolute atomic E-state index is 0.225. The van der Waals surface area contributed by atoms with Gasteiger partial charge in [0.15, 0.2) is 5.11 Å². The molecule has 1 saturated carbocycles. The summed E-state index contributed by atoms with van der Waals surface area (Å²) in [6.45, 7) is 2.56. The molecule has 1 spiro atoms. The number of halogens is 3. The van der Waals surface area contributed by atoms with Crippen molar-refractivity contribution >= 4 is 28.7 Å². The Bertz CT molecular complexity index is 1000. The molecule has 0 amide bonds. The molecule has 3 nitrogen and oxygen atoms in total. The molecule has 0 unspecified atom stereocenters. The molecule has 0 atom stereocenters. The first-order chi connectivity index (χ1) is 14.2. The van der Waals surface area contributed by atoms with Gasteiger partial charge in [-0.2, -0.15) is 18.4 Å². The van der Waals surface area contributed by atoms with Crippen molar-refractivity contribution in [3.63, 3.8) is 0 Å². The highest BCUT2D eigenvalue weighted by Crippen LogP contribution is 2.44. The molecule has 4 rings (SSSR count). The van der Waals surface area contributed by atoms with Crippen LogP contribution in [0.25, 0.3) is 0 Å². The van der Waals surface area contributed by atoms with E-state index < -0.39 is 11.7 Å². The average Bonchev–Trinajstić information content (AvgIpc) is 3.00. The van der Waals surface area contributed by atoms with Crippen molar-refractivity contribution < 1.29 is 13.2 Å². The van der Waals surface area contributed by atoms with Gasteiger partial charge in [0.25, 0.3) is 0 Å². The van der Waals surface area contributed by atoms with Crippen LogP contribution in [0.1, 0.15) is 48.8 Å². The predicted molar refractivity (Wildman–Crippen MR) is 116 cm³/mol. The Hall–Kier alpha value is -2.59. The number of alkyl halides is 3. The second kappa shape index (κ2) is 7.59. The molecule has 2 aromatic carbocycles. The molecule has 30 heavy (non-hydrogen) atoms. The van der Waals surface area contributed by atoms with Crippen LogP contribution in [0.2, 0.25) is 0 Å². The van der Waals surface area contributed by atoms with E-state index in [0.29, 0.717) is 17.3 Å². The molecule has 2 aliphatic rings. The van der Waals surface area contributed by atoms with Crippen LogP contribution in [-0.2, 0) is 6.18 Å². The summed E-state index contributed by atoms with van der Waals surface area (Å²) in [5.74, 6) is 0. The summed E-state index contributed by atoms with van der Waals surface area (Å²) in [5, 5.41) is 9.62. The molecule has 0 aromatic heterocycles. The molecule has 2 fully saturated rings. The van der Waals surface area contributed by atoms with Gasteiger partial charge >= 0.3 is 6.18 Å². The van der Waals surface area contributed by atoms with E-state index in [1.165, 1.54) is 6.07 Å². The third-order valence-corrected chi connectivity index (χ3v) is 6.57. The largest absolute Gasteiger partial charge is 0.417 e. The van der Waals surface area contributed by atoms with E-state index in [1.807, 2.05) is 31.2 Å². The van der Waals surface area contributed by atoms with Gasteiger partial charge in [-0.05, 0) is 62.3 Å². The number of anilines is 2. The normalized spacial score (nSPS) is 18.7. The van der Waals surface area contributed by atoms with Crippen LogP contribution < -0.4 is 9.80 Å². The van der Waals surface area contributed by atoms with Gasteiger partial charge in [-0.25, -0.2) is 0 Å². The fourth-order valence-electron chi connectivity index (χ4n) is 4.66. The van der Waals surface area contributed by atoms with E-state index in [0.717, 1.165) is 49.4 Å². The highest BCUT2D eigenvalue weighted by atomic mass is 32.1. The highest BCUT2D eigenvalue weighted by molar-refractivity contribution is 7.80. The van der Waals surface area contributed by atoms with Crippen LogP contribution in [-0.4, -0.2) is 17.2 Å². The first kappa shape index (κ1) is 20.7. The molecular formula is C23H22F3N3S. The first-order valence-electron chi connectivity index (χ1n) is 10.0. The zero-order chi connectivity index (χ0) is 21.5. The van der Waals surface area contributed by atoms with Crippen LogP contribution in [0.4, 0.5) is 24.5 Å². The zero-order valence-electron chi connectivity index (χ0n) is 16.7. The fourth-order valence-corrected chi connectivity index (χ4v) is 5.13. The van der Waals surface area contributed by atoms with Gasteiger partial charge in [0.2, 0.25) is 0 Å². The minimum atomic E-state index is -4.60. The second-order valence-corrected chi connectivity index (χ2v) is 8.53. The summed E-state index contributed by atoms with van der Waals surface area (Å²) < 4.78 is 40.5. The van der Waals surface area contributed by atoms with Crippen molar-refractivity contribution in [2.45, 2.75) is 50.7 Å². The maximum Gasteiger partial charge on any atom is 0.417 e.